The highest BCUT2D eigenvalue weighted by Gasteiger charge is 2.35. The lowest BCUT2D eigenvalue weighted by atomic mass is 9.76. The predicted octanol–water partition coefficient (Wildman–Crippen LogP) is 3.76. The number of fused-ring (bicyclic) bond motifs is 2. The largest absolute Gasteiger partial charge is 0.464 e. The summed E-state index contributed by atoms with van der Waals surface area (Å²) in [6, 6.07) is 5.92. The molecule has 2 aliphatic heterocycles. The molecule has 1 saturated heterocycles. The Morgan fingerprint density at radius 2 is 2.07 bits per heavy atom. The van der Waals surface area contributed by atoms with Crippen molar-refractivity contribution in [2.24, 2.45) is 11.8 Å². The number of ketones is 1. The molecule has 1 aromatic rings. The van der Waals surface area contributed by atoms with Crippen LogP contribution < -0.4 is 0 Å². The van der Waals surface area contributed by atoms with Crippen LogP contribution in [0.15, 0.2) is 23.1 Å². The number of Topliss-reactive ketones (excluding diaryl/α,β-unsaturated/α-hetero) is 1. The van der Waals surface area contributed by atoms with E-state index in [1.165, 1.54) is 6.42 Å². The second-order valence-electron chi connectivity index (χ2n) is 8.43. The summed E-state index contributed by atoms with van der Waals surface area (Å²) in [5.41, 5.74) is 1.78. The monoisotopic (exact) mass is 417 g/mol. The summed E-state index contributed by atoms with van der Waals surface area (Å²) in [4.78, 5) is 28.9. The molecular weight excluding hydrogens is 386 g/mol. The molecule has 1 unspecified atom stereocenters. The maximum Gasteiger partial charge on any atom is 0.313 e. The third-order valence-corrected chi connectivity index (χ3v) is 7.82. The Hall–Kier alpha value is -1.37. The van der Waals surface area contributed by atoms with Crippen LogP contribution >= 0.6 is 11.8 Å². The molecule has 0 N–H and O–H groups in total. The van der Waals surface area contributed by atoms with Gasteiger partial charge in [-0.3, -0.25) is 14.5 Å². The van der Waals surface area contributed by atoms with E-state index in [4.69, 9.17) is 9.47 Å². The van der Waals surface area contributed by atoms with E-state index in [-0.39, 0.29) is 17.8 Å². The van der Waals surface area contributed by atoms with Gasteiger partial charge in [0.15, 0.2) is 5.78 Å². The molecule has 0 amide bonds. The van der Waals surface area contributed by atoms with E-state index < -0.39 is 0 Å². The molecule has 1 aromatic carbocycles. The van der Waals surface area contributed by atoms with E-state index in [0.29, 0.717) is 18.3 Å². The molecule has 0 bridgehead atoms. The van der Waals surface area contributed by atoms with Crippen molar-refractivity contribution in [3.05, 3.63) is 29.3 Å². The van der Waals surface area contributed by atoms with Crippen LogP contribution in [-0.4, -0.2) is 61.9 Å². The van der Waals surface area contributed by atoms with E-state index in [2.05, 4.69) is 4.90 Å². The highest BCUT2D eigenvalue weighted by atomic mass is 32.2. The normalized spacial score (nSPS) is 26.2. The summed E-state index contributed by atoms with van der Waals surface area (Å²) in [7, 11) is 0. The number of nitrogens with zero attached hydrogens (tertiary/aromatic N) is 1. The second kappa shape index (κ2) is 9.63. The van der Waals surface area contributed by atoms with E-state index in [1.807, 2.05) is 25.1 Å². The Kier molecular flexibility index (Phi) is 6.93. The standard InChI is InChI=1S/C23H31NO4S/c1-16(23(26)28-13-10-24-8-11-27-12-9-24)17-6-7-20-21(14-17)29-15-18-4-2-3-5-19(18)22(20)25/h6-7,14,16,18-19H,2-5,8-13,15H2,1H3/t16?,18-,19+/m0/s1. The van der Waals surface area contributed by atoms with Gasteiger partial charge in [0, 0.05) is 41.8 Å². The van der Waals surface area contributed by atoms with Crippen molar-refractivity contribution in [2.45, 2.75) is 43.4 Å². The predicted molar refractivity (Wildman–Crippen MR) is 114 cm³/mol. The van der Waals surface area contributed by atoms with Gasteiger partial charge in [0.2, 0.25) is 0 Å². The quantitative estimate of drug-likeness (QED) is 0.680. The number of rotatable bonds is 5. The number of benzene rings is 1. The number of ether oxygens (including phenoxy) is 2. The van der Waals surface area contributed by atoms with Crippen molar-refractivity contribution in [1.82, 2.24) is 4.90 Å². The van der Waals surface area contributed by atoms with Gasteiger partial charge in [-0.15, -0.1) is 11.8 Å². The van der Waals surface area contributed by atoms with Gasteiger partial charge in [-0.25, -0.2) is 0 Å². The Bertz CT molecular complexity index is 746. The zero-order chi connectivity index (χ0) is 20.2. The lowest BCUT2D eigenvalue weighted by Gasteiger charge is -2.28. The van der Waals surface area contributed by atoms with Gasteiger partial charge < -0.3 is 9.47 Å². The van der Waals surface area contributed by atoms with Crippen molar-refractivity contribution in [3.8, 4) is 0 Å². The van der Waals surface area contributed by atoms with Crippen molar-refractivity contribution in [2.75, 3.05) is 45.2 Å². The Morgan fingerprint density at radius 1 is 1.28 bits per heavy atom. The van der Waals surface area contributed by atoms with Crippen LogP contribution in [0.5, 0.6) is 0 Å². The number of esters is 1. The van der Waals surface area contributed by atoms with Gasteiger partial charge in [0.25, 0.3) is 0 Å². The molecule has 3 atom stereocenters. The maximum atomic E-state index is 13.1. The molecule has 5 nitrogen and oxygen atoms in total. The first-order valence-electron chi connectivity index (χ1n) is 10.9. The van der Waals surface area contributed by atoms with Crippen molar-refractivity contribution in [1.29, 1.82) is 0 Å². The Morgan fingerprint density at radius 3 is 2.90 bits per heavy atom. The highest BCUT2D eigenvalue weighted by Crippen LogP contribution is 2.42. The maximum absolute atomic E-state index is 13.1. The minimum atomic E-state index is -0.328. The summed E-state index contributed by atoms with van der Waals surface area (Å²) < 4.78 is 10.9. The van der Waals surface area contributed by atoms with Crippen LogP contribution in [-0.2, 0) is 14.3 Å². The van der Waals surface area contributed by atoms with Crippen molar-refractivity contribution < 1.29 is 19.1 Å². The van der Waals surface area contributed by atoms with E-state index >= 15 is 0 Å². The first-order valence-corrected chi connectivity index (χ1v) is 11.9. The molecule has 6 heteroatoms. The van der Waals surface area contributed by atoms with Crippen LogP contribution in [0.3, 0.4) is 0 Å². The van der Waals surface area contributed by atoms with E-state index in [9.17, 15) is 9.59 Å². The molecule has 158 valence electrons. The van der Waals surface area contributed by atoms with Gasteiger partial charge in [0.1, 0.15) is 6.61 Å². The summed E-state index contributed by atoms with van der Waals surface area (Å²) in [5, 5.41) is 0. The summed E-state index contributed by atoms with van der Waals surface area (Å²) >= 11 is 1.79. The number of hydrogen-bond acceptors (Lipinski definition) is 6. The molecule has 4 rings (SSSR count). The molecule has 0 aromatic heterocycles. The fraction of sp³-hybridized carbons (Fsp3) is 0.652. The smallest absolute Gasteiger partial charge is 0.313 e. The molecule has 0 radical (unpaired) electrons. The topological polar surface area (TPSA) is 55.8 Å². The fourth-order valence-electron chi connectivity index (χ4n) is 4.64. The van der Waals surface area contributed by atoms with E-state index in [1.54, 1.807) is 11.8 Å². The molecule has 29 heavy (non-hydrogen) atoms. The van der Waals surface area contributed by atoms with Gasteiger partial charge in [-0.2, -0.15) is 0 Å². The Labute approximate surface area is 177 Å². The van der Waals surface area contributed by atoms with Crippen LogP contribution in [0.1, 0.15) is 54.4 Å². The molecule has 1 aliphatic carbocycles. The number of carbonyl (C=O) groups excluding carboxylic acids is 2. The van der Waals surface area contributed by atoms with Crippen molar-refractivity contribution >= 4 is 23.5 Å². The molecule has 2 fully saturated rings. The molecule has 1 saturated carbocycles. The molecular formula is C23H31NO4S. The zero-order valence-corrected chi connectivity index (χ0v) is 18.0. The number of carbonyl (C=O) groups is 2. The average Bonchev–Trinajstić information content (AvgIpc) is 2.90. The van der Waals surface area contributed by atoms with Gasteiger partial charge in [0.05, 0.1) is 19.1 Å². The number of hydrogen-bond donors (Lipinski definition) is 0. The zero-order valence-electron chi connectivity index (χ0n) is 17.2. The molecule has 0 spiro atoms. The lowest BCUT2D eigenvalue weighted by molar-refractivity contribution is -0.145. The summed E-state index contributed by atoms with van der Waals surface area (Å²) in [6.07, 6.45) is 4.59. The average molecular weight is 418 g/mol. The van der Waals surface area contributed by atoms with Crippen LogP contribution in [0, 0.1) is 11.8 Å². The SMILES string of the molecule is CC(C(=O)OCCN1CCOCC1)c1ccc2c(c1)SC[C@@H]1CCCC[C@H]1C2=O. The van der Waals surface area contributed by atoms with Crippen molar-refractivity contribution in [3.63, 3.8) is 0 Å². The highest BCUT2D eigenvalue weighted by molar-refractivity contribution is 7.99. The van der Waals surface area contributed by atoms with Crippen LogP contribution in [0.4, 0.5) is 0 Å². The second-order valence-corrected chi connectivity index (χ2v) is 9.49. The molecule has 3 aliphatic rings. The third-order valence-electron chi connectivity index (χ3n) is 6.58. The minimum absolute atomic E-state index is 0.186. The first-order chi connectivity index (χ1) is 14.1. The van der Waals surface area contributed by atoms with E-state index in [0.717, 1.165) is 73.9 Å². The number of thioether (sulfide) groups is 1. The van der Waals surface area contributed by atoms with Gasteiger partial charge in [-0.1, -0.05) is 18.9 Å². The van der Waals surface area contributed by atoms with Gasteiger partial charge in [-0.05, 0) is 43.4 Å². The van der Waals surface area contributed by atoms with Gasteiger partial charge >= 0.3 is 5.97 Å². The molecule has 2 heterocycles. The van der Waals surface area contributed by atoms with Crippen LogP contribution in [0.25, 0.3) is 0 Å². The summed E-state index contributed by atoms with van der Waals surface area (Å²) in [5.74, 6) is 1.47. The third kappa shape index (κ3) is 4.86. The Balaban J connectivity index is 1.38. The van der Waals surface area contributed by atoms with Crippen LogP contribution in [0.2, 0.25) is 0 Å². The lowest BCUT2D eigenvalue weighted by Crippen LogP contribution is -2.38. The fourth-order valence-corrected chi connectivity index (χ4v) is 5.98. The summed E-state index contributed by atoms with van der Waals surface area (Å²) in [6.45, 7) is 6.33. The first kappa shape index (κ1) is 20.9. The number of morpholine rings is 1. The minimum Gasteiger partial charge on any atom is -0.464 e.